The largest absolute Gasteiger partial charge is 0.497 e. The van der Waals surface area contributed by atoms with Gasteiger partial charge in [0.05, 0.1) is 13.2 Å². The lowest BCUT2D eigenvalue weighted by Gasteiger charge is -2.16. The van der Waals surface area contributed by atoms with Gasteiger partial charge in [0.2, 0.25) is 0 Å². The van der Waals surface area contributed by atoms with Crippen LogP contribution in [0.1, 0.15) is 6.92 Å². The molecule has 80 valence electrons. The summed E-state index contributed by atoms with van der Waals surface area (Å²) in [5, 5.41) is 8.68. The molecule has 1 rings (SSSR count). The summed E-state index contributed by atoms with van der Waals surface area (Å²) >= 11 is 0. The van der Waals surface area contributed by atoms with Crippen LogP contribution in [-0.2, 0) is 0 Å². The summed E-state index contributed by atoms with van der Waals surface area (Å²) < 4.78 is 10.4. The van der Waals surface area contributed by atoms with Gasteiger partial charge in [-0.3, -0.25) is 0 Å². The molecule has 0 radical (unpaired) electrons. The Morgan fingerprint density at radius 3 is 2.33 bits per heavy atom. The summed E-state index contributed by atoms with van der Waals surface area (Å²) in [4.78, 5) is 0. The van der Waals surface area contributed by atoms with Crippen LogP contribution in [0.15, 0.2) is 24.3 Å². The third-order valence-corrected chi connectivity index (χ3v) is 1.85. The monoisotopic (exact) mass is 206 g/mol. The molecule has 0 fully saturated rings. The average molecular weight is 206 g/mol. The van der Waals surface area contributed by atoms with Crippen molar-refractivity contribution in [3.05, 3.63) is 24.3 Å². The van der Waals surface area contributed by atoms with E-state index in [9.17, 15) is 0 Å². The van der Waals surface area contributed by atoms with E-state index in [0.717, 1.165) is 5.75 Å². The number of methoxy groups -OCH3 is 1. The zero-order valence-corrected chi connectivity index (χ0v) is 8.86. The standard InChI is InChI=1S/C11H14N2O2/c1-11(13,7-12)8-15-10-5-3-9(14-2)4-6-10/h3-6H,8,13H2,1-2H3. The van der Waals surface area contributed by atoms with E-state index >= 15 is 0 Å². The third kappa shape index (κ3) is 3.49. The highest BCUT2D eigenvalue weighted by molar-refractivity contribution is 5.31. The molecule has 1 atom stereocenters. The van der Waals surface area contributed by atoms with Gasteiger partial charge in [-0.1, -0.05) is 0 Å². The number of rotatable bonds is 4. The lowest BCUT2D eigenvalue weighted by Crippen LogP contribution is -2.40. The quantitative estimate of drug-likeness (QED) is 0.806. The number of hydrogen-bond acceptors (Lipinski definition) is 4. The van der Waals surface area contributed by atoms with Crippen LogP contribution in [0.3, 0.4) is 0 Å². The van der Waals surface area contributed by atoms with Crippen LogP contribution in [0.2, 0.25) is 0 Å². The van der Waals surface area contributed by atoms with Crippen molar-refractivity contribution in [3.8, 4) is 17.6 Å². The van der Waals surface area contributed by atoms with Crippen LogP contribution in [0.5, 0.6) is 11.5 Å². The van der Waals surface area contributed by atoms with Crippen molar-refractivity contribution in [2.75, 3.05) is 13.7 Å². The van der Waals surface area contributed by atoms with E-state index in [2.05, 4.69) is 0 Å². The fourth-order valence-electron chi connectivity index (χ4n) is 0.937. The summed E-state index contributed by atoms with van der Waals surface area (Å²) in [7, 11) is 1.60. The molecule has 0 aliphatic rings. The van der Waals surface area contributed by atoms with E-state index in [-0.39, 0.29) is 6.61 Å². The topological polar surface area (TPSA) is 68.3 Å². The van der Waals surface area contributed by atoms with Gasteiger partial charge in [0, 0.05) is 0 Å². The fraction of sp³-hybridized carbons (Fsp3) is 0.364. The minimum absolute atomic E-state index is 0.163. The van der Waals surface area contributed by atoms with E-state index in [4.69, 9.17) is 20.5 Å². The van der Waals surface area contributed by atoms with Crippen LogP contribution in [0.4, 0.5) is 0 Å². The fourth-order valence-corrected chi connectivity index (χ4v) is 0.937. The second kappa shape index (κ2) is 4.67. The van der Waals surface area contributed by atoms with Crippen molar-refractivity contribution in [2.24, 2.45) is 5.73 Å². The Labute approximate surface area is 89.2 Å². The van der Waals surface area contributed by atoms with Gasteiger partial charge >= 0.3 is 0 Å². The SMILES string of the molecule is COc1ccc(OCC(C)(N)C#N)cc1. The molecule has 0 saturated carbocycles. The number of nitrogens with zero attached hydrogens (tertiary/aromatic N) is 1. The van der Waals surface area contributed by atoms with Crippen LogP contribution >= 0.6 is 0 Å². The molecule has 1 aromatic rings. The average Bonchev–Trinajstić information content (AvgIpc) is 2.27. The Kier molecular flexibility index (Phi) is 3.53. The summed E-state index contributed by atoms with van der Waals surface area (Å²) in [5.74, 6) is 1.43. The summed E-state index contributed by atoms with van der Waals surface area (Å²) in [6.07, 6.45) is 0. The van der Waals surface area contributed by atoms with E-state index in [1.165, 1.54) is 0 Å². The second-order valence-electron chi connectivity index (χ2n) is 3.49. The van der Waals surface area contributed by atoms with Crippen LogP contribution in [-0.4, -0.2) is 19.3 Å². The van der Waals surface area contributed by atoms with Crippen LogP contribution in [0.25, 0.3) is 0 Å². The molecule has 0 heterocycles. The highest BCUT2D eigenvalue weighted by Crippen LogP contribution is 2.17. The van der Waals surface area contributed by atoms with Gasteiger partial charge in [-0.25, -0.2) is 0 Å². The molecule has 0 amide bonds. The van der Waals surface area contributed by atoms with Crippen molar-refractivity contribution in [1.82, 2.24) is 0 Å². The predicted octanol–water partition coefficient (Wildman–Crippen LogP) is 1.31. The molecule has 4 nitrogen and oxygen atoms in total. The maximum atomic E-state index is 8.68. The van der Waals surface area contributed by atoms with Gasteiger partial charge in [0.25, 0.3) is 0 Å². The summed E-state index contributed by atoms with van der Waals surface area (Å²) in [6.45, 7) is 1.78. The maximum absolute atomic E-state index is 8.68. The summed E-state index contributed by atoms with van der Waals surface area (Å²) in [5.41, 5.74) is 4.65. The van der Waals surface area contributed by atoms with E-state index < -0.39 is 5.54 Å². The van der Waals surface area contributed by atoms with Gasteiger partial charge in [-0.2, -0.15) is 5.26 Å². The second-order valence-corrected chi connectivity index (χ2v) is 3.49. The highest BCUT2D eigenvalue weighted by atomic mass is 16.5. The van der Waals surface area contributed by atoms with Crippen molar-refractivity contribution in [1.29, 1.82) is 5.26 Å². The van der Waals surface area contributed by atoms with Crippen molar-refractivity contribution >= 4 is 0 Å². The molecule has 0 aromatic heterocycles. The molecule has 1 aromatic carbocycles. The van der Waals surface area contributed by atoms with Gasteiger partial charge in [-0.05, 0) is 31.2 Å². The minimum atomic E-state index is -0.958. The Morgan fingerprint density at radius 1 is 1.33 bits per heavy atom. The van der Waals surface area contributed by atoms with E-state index in [1.54, 1.807) is 38.3 Å². The zero-order valence-electron chi connectivity index (χ0n) is 8.86. The lowest BCUT2D eigenvalue weighted by atomic mass is 10.1. The first-order chi connectivity index (χ1) is 7.07. The van der Waals surface area contributed by atoms with Gasteiger partial charge in [-0.15, -0.1) is 0 Å². The van der Waals surface area contributed by atoms with Crippen LogP contribution < -0.4 is 15.2 Å². The normalized spacial score (nSPS) is 13.7. The molecule has 0 bridgehead atoms. The number of ether oxygens (including phenoxy) is 2. The maximum Gasteiger partial charge on any atom is 0.135 e. The number of hydrogen-bond donors (Lipinski definition) is 1. The minimum Gasteiger partial charge on any atom is -0.497 e. The van der Waals surface area contributed by atoms with E-state index in [1.807, 2.05) is 6.07 Å². The van der Waals surface area contributed by atoms with Gasteiger partial charge in [0.1, 0.15) is 23.6 Å². The van der Waals surface area contributed by atoms with Gasteiger partial charge < -0.3 is 15.2 Å². The molecular weight excluding hydrogens is 192 g/mol. The van der Waals surface area contributed by atoms with Crippen molar-refractivity contribution in [2.45, 2.75) is 12.5 Å². The Hall–Kier alpha value is -1.73. The molecule has 15 heavy (non-hydrogen) atoms. The predicted molar refractivity (Wildman–Crippen MR) is 56.7 cm³/mol. The first-order valence-electron chi connectivity index (χ1n) is 4.54. The Bertz CT molecular complexity index is 352. The molecular formula is C11H14N2O2. The molecule has 0 spiro atoms. The van der Waals surface area contributed by atoms with Crippen molar-refractivity contribution in [3.63, 3.8) is 0 Å². The first kappa shape index (κ1) is 11.3. The van der Waals surface area contributed by atoms with Crippen LogP contribution in [0, 0.1) is 11.3 Å². The molecule has 0 aliphatic carbocycles. The summed E-state index contributed by atoms with van der Waals surface area (Å²) in [6, 6.07) is 9.08. The van der Waals surface area contributed by atoms with Gasteiger partial charge in [0.15, 0.2) is 0 Å². The third-order valence-electron chi connectivity index (χ3n) is 1.85. The molecule has 4 heteroatoms. The number of benzene rings is 1. The first-order valence-corrected chi connectivity index (χ1v) is 4.54. The van der Waals surface area contributed by atoms with E-state index in [0.29, 0.717) is 5.75 Å². The highest BCUT2D eigenvalue weighted by Gasteiger charge is 2.17. The zero-order chi connectivity index (χ0) is 11.3. The lowest BCUT2D eigenvalue weighted by molar-refractivity contribution is 0.264. The Morgan fingerprint density at radius 2 is 1.87 bits per heavy atom. The smallest absolute Gasteiger partial charge is 0.135 e. The number of nitriles is 1. The van der Waals surface area contributed by atoms with Crippen molar-refractivity contribution < 1.29 is 9.47 Å². The molecule has 2 N–H and O–H groups in total. The molecule has 0 aliphatic heterocycles. The Balaban J connectivity index is 2.56. The number of nitrogens with two attached hydrogens (primary N) is 1. The molecule has 1 unspecified atom stereocenters. The molecule has 0 saturated heterocycles.